The molecule has 4 rings (SSSR count). The van der Waals surface area contributed by atoms with Gasteiger partial charge in [0.05, 0.1) is 16.1 Å². The van der Waals surface area contributed by atoms with E-state index < -0.39 is 0 Å². The number of rotatable bonds is 5. The van der Waals surface area contributed by atoms with Crippen molar-refractivity contribution in [3.8, 4) is 0 Å². The van der Waals surface area contributed by atoms with Crippen LogP contribution in [0.4, 0.5) is 17.1 Å². The SMILES string of the molecule is CC1CCN(c2ccc(NC(=O)c3ccccc3NC(=O)c3cccs3)cc2)C1. The standard InChI is InChI=1S/C23H23N3O2S/c1-16-12-13-26(15-16)18-10-8-17(9-11-18)24-22(27)19-5-2-3-6-20(19)25-23(28)21-7-4-14-29-21/h2-11,14,16H,12-13,15H2,1H3,(H,24,27)(H,25,28). The molecule has 5 nitrogen and oxygen atoms in total. The van der Waals surface area contributed by atoms with Crippen molar-refractivity contribution in [1.82, 2.24) is 0 Å². The van der Waals surface area contributed by atoms with Gasteiger partial charge in [0.15, 0.2) is 0 Å². The molecule has 1 fully saturated rings. The minimum atomic E-state index is -0.255. The number of benzene rings is 2. The van der Waals surface area contributed by atoms with Gasteiger partial charge in [-0.2, -0.15) is 0 Å². The fraction of sp³-hybridized carbons (Fsp3) is 0.217. The second kappa shape index (κ2) is 8.49. The summed E-state index contributed by atoms with van der Waals surface area (Å²) >= 11 is 1.36. The molecule has 1 aliphatic rings. The number of nitrogens with zero attached hydrogens (tertiary/aromatic N) is 1. The zero-order chi connectivity index (χ0) is 20.2. The summed E-state index contributed by atoms with van der Waals surface area (Å²) in [5.41, 5.74) is 2.82. The van der Waals surface area contributed by atoms with Gasteiger partial charge in [0, 0.05) is 24.5 Å². The van der Waals surface area contributed by atoms with Crippen molar-refractivity contribution in [2.45, 2.75) is 13.3 Å². The van der Waals surface area contributed by atoms with Gasteiger partial charge in [-0.15, -0.1) is 11.3 Å². The summed E-state index contributed by atoms with van der Waals surface area (Å²) in [6.07, 6.45) is 1.21. The van der Waals surface area contributed by atoms with E-state index in [9.17, 15) is 9.59 Å². The molecule has 29 heavy (non-hydrogen) atoms. The molecule has 0 radical (unpaired) electrons. The summed E-state index contributed by atoms with van der Waals surface area (Å²) in [6, 6.07) is 18.5. The van der Waals surface area contributed by atoms with Crippen LogP contribution in [0.25, 0.3) is 0 Å². The molecule has 3 aromatic rings. The highest BCUT2D eigenvalue weighted by Gasteiger charge is 2.19. The smallest absolute Gasteiger partial charge is 0.265 e. The van der Waals surface area contributed by atoms with E-state index in [1.807, 2.05) is 35.7 Å². The topological polar surface area (TPSA) is 61.4 Å². The van der Waals surface area contributed by atoms with Gasteiger partial charge in [-0.3, -0.25) is 9.59 Å². The Labute approximate surface area is 174 Å². The van der Waals surface area contributed by atoms with Gasteiger partial charge < -0.3 is 15.5 Å². The molecule has 1 atom stereocenters. The van der Waals surface area contributed by atoms with Crippen LogP contribution >= 0.6 is 11.3 Å². The van der Waals surface area contributed by atoms with Crippen molar-refractivity contribution in [3.05, 3.63) is 76.5 Å². The number of anilines is 3. The third kappa shape index (κ3) is 4.49. The zero-order valence-corrected chi connectivity index (χ0v) is 17.0. The van der Waals surface area contributed by atoms with Gasteiger partial charge in [0.1, 0.15) is 0 Å². The van der Waals surface area contributed by atoms with Gasteiger partial charge in [0.2, 0.25) is 0 Å². The number of amides is 2. The summed E-state index contributed by atoms with van der Waals surface area (Å²) in [6.45, 7) is 4.41. The predicted molar refractivity (Wildman–Crippen MR) is 119 cm³/mol. The van der Waals surface area contributed by atoms with E-state index in [1.165, 1.54) is 23.4 Å². The highest BCUT2D eigenvalue weighted by molar-refractivity contribution is 7.12. The number of hydrogen-bond acceptors (Lipinski definition) is 4. The van der Waals surface area contributed by atoms with E-state index in [0.29, 0.717) is 16.1 Å². The molecular weight excluding hydrogens is 382 g/mol. The molecule has 0 bridgehead atoms. The van der Waals surface area contributed by atoms with Gasteiger partial charge in [-0.05, 0) is 60.2 Å². The van der Waals surface area contributed by atoms with E-state index in [2.05, 4.69) is 22.5 Å². The number of para-hydroxylation sites is 1. The molecule has 148 valence electrons. The highest BCUT2D eigenvalue weighted by Crippen LogP contribution is 2.25. The Hall–Kier alpha value is -3.12. The molecule has 1 saturated heterocycles. The fourth-order valence-electron chi connectivity index (χ4n) is 3.51. The maximum Gasteiger partial charge on any atom is 0.265 e. The first-order valence-electron chi connectivity index (χ1n) is 9.70. The Morgan fingerprint density at radius 3 is 2.45 bits per heavy atom. The average molecular weight is 406 g/mol. The molecule has 6 heteroatoms. The monoisotopic (exact) mass is 405 g/mol. The number of hydrogen-bond donors (Lipinski definition) is 2. The molecule has 2 amide bonds. The van der Waals surface area contributed by atoms with E-state index >= 15 is 0 Å². The van der Waals surface area contributed by atoms with Crippen LogP contribution in [-0.2, 0) is 0 Å². The predicted octanol–water partition coefficient (Wildman–Crippen LogP) is 5.10. The van der Waals surface area contributed by atoms with Gasteiger partial charge in [0.25, 0.3) is 11.8 Å². The van der Waals surface area contributed by atoms with E-state index in [1.54, 1.807) is 30.3 Å². The lowest BCUT2D eigenvalue weighted by Gasteiger charge is -2.18. The van der Waals surface area contributed by atoms with Crippen LogP contribution in [0.5, 0.6) is 0 Å². The van der Waals surface area contributed by atoms with Crippen LogP contribution in [0.2, 0.25) is 0 Å². The number of nitrogens with one attached hydrogen (secondary N) is 2. The lowest BCUT2D eigenvalue weighted by atomic mass is 10.1. The van der Waals surface area contributed by atoms with E-state index in [4.69, 9.17) is 0 Å². The molecule has 1 aliphatic heterocycles. The number of thiophene rings is 1. The second-order valence-corrected chi connectivity index (χ2v) is 8.27. The van der Waals surface area contributed by atoms with Gasteiger partial charge >= 0.3 is 0 Å². The molecule has 1 aromatic heterocycles. The van der Waals surface area contributed by atoms with Crippen LogP contribution in [0.1, 0.15) is 33.4 Å². The molecule has 0 saturated carbocycles. The van der Waals surface area contributed by atoms with Crippen molar-refractivity contribution in [3.63, 3.8) is 0 Å². The minimum absolute atomic E-state index is 0.218. The fourth-order valence-corrected chi connectivity index (χ4v) is 4.12. The number of carbonyl (C=O) groups is 2. The van der Waals surface area contributed by atoms with Crippen molar-refractivity contribution in [1.29, 1.82) is 0 Å². The summed E-state index contributed by atoms with van der Waals surface area (Å²) < 4.78 is 0. The average Bonchev–Trinajstić information content (AvgIpc) is 3.41. The maximum atomic E-state index is 12.8. The Morgan fingerprint density at radius 1 is 0.966 bits per heavy atom. The van der Waals surface area contributed by atoms with Crippen molar-refractivity contribution in [2.75, 3.05) is 28.6 Å². The summed E-state index contributed by atoms with van der Waals surface area (Å²) in [5.74, 6) is 0.245. The first-order chi connectivity index (χ1) is 14.1. The van der Waals surface area contributed by atoms with Crippen molar-refractivity contribution < 1.29 is 9.59 Å². The summed E-state index contributed by atoms with van der Waals surface area (Å²) in [7, 11) is 0. The molecule has 2 heterocycles. The van der Waals surface area contributed by atoms with Crippen LogP contribution in [-0.4, -0.2) is 24.9 Å². The summed E-state index contributed by atoms with van der Waals surface area (Å²) in [5, 5.41) is 7.61. The Balaban J connectivity index is 1.45. The number of carbonyl (C=O) groups excluding carboxylic acids is 2. The quantitative estimate of drug-likeness (QED) is 0.621. The Kier molecular flexibility index (Phi) is 5.62. The van der Waals surface area contributed by atoms with Crippen LogP contribution in [0.3, 0.4) is 0 Å². The van der Waals surface area contributed by atoms with Crippen molar-refractivity contribution in [2.24, 2.45) is 5.92 Å². The highest BCUT2D eigenvalue weighted by atomic mass is 32.1. The van der Waals surface area contributed by atoms with Crippen LogP contribution < -0.4 is 15.5 Å². The third-order valence-corrected chi connectivity index (χ3v) is 5.95. The van der Waals surface area contributed by atoms with E-state index in [0.717, 1.165) is 24.7 Å². The lowest BCUT2D eigenvalue weighted by molar-refractivity contribution is 0.102. The minimum Gasteiger partial charge on any atom is -0.371 e. The molecular formula is C23H23N3O2S. The Morgan fingerprint density at radius 2 is 1.76 bits per heavy atom. The first-order valence-corrected chi connectivity index (χ1v) is 10.6. The molecule has 2 aromatic carbocycles. The molecule has 0 aliphatic carbocycles. The normalized spacial score (nSPS) is 15.9. The first kappa shape index (κ1) is 19.2. The van der Waals surface area contributed by atoms with Crippen LogP contribution in [0.15, 0.2) is 66.0 Å². The maximum absolute atomic E-state index is 12.8. The largest absolute Gasteiger partial charge is 0.371 e. The zero-order valence-electron chi connectivity index (χ0n) is 16.2. The van der Waals surface area contributed by atoms with Crippen molar-refractivity contribution >= 4 is 40.2 Å². The van der Waals surface area contributed by atoms with E-state index in [-0.39, 0.29) is 11.8 Å². The van der Waals surface area contributed by atoms with Crippen LogP contribution in [0, 0.1) is 5.92 Å². The molecule has 0 spiro atoms. The van der Waals surface area contributed by atoms with Gasteiger partial charge in [-0.25, -0.2) is 0 Å². The lowest BCUT2D eigenvalue weighted by Crippen LogP contribution is -2.19. The van der Waals surface area contributed by atoms with Gasteiger partial charge in [-0.1, -0.05) is 25.1 Å². The summed E-state index contributed by atoms with van der Waals surface area (Å²) in [4.78, 5) is 28.1. The second-order valence-electron chi connectivity index (χ2n) is 7.32. The molecule has 2 N–H and O–H groups in total. The Bertz CT molecular complexity index is 999. The third-order valence-electron chi connectivity index (χ3n) is 5.08. The molecule has 1 unspecified atom stereocenters.